The zero-order chi connectivity index (χ0) is 15.7. The van der Waals surface area contributed by atoms with Gasteiger partial charge in [0.1, 0.15) is 0 Å². The van der Waals surface area contributed by atoms with Crippen molar-refractivity contribution >= 4 is 16.5 Å². The van der Waals surface area contributed by atoms with Crippen molar-refractivity contribution in [1.29, 1.82) is 0 Å². The highest BCUT2D eigenvalue weighted by Gasteiger charge is 2.27. The van der Waals surface area contributed by atoms with Crippen LogP contribution >= 0.6 is 11.3 Å². The SMILES string of the molecule is CC(C)(C)c1ccc(=O)n(CC2CCCN2c2nccs2)n1. The van der Waals surface area contributed by atoms with Crippen molar-refractivity contribution in [2.75, 3.05) is 11.4 Å². The summed E-state index contributed by atoms with van der Waals surface area (Å²) >= 11 is 1.65. The van der Waals surface area contributed by atoms with Crippen molar-refractivity contribution < 1.29 is 0 Å². The second-order valence-electron chi connectivity index (χ2n) is 6.79. The third kappa shape index (κ3) is 3.06. The Kier molecular flexibility index (Phi) is 4.04. The maximum atomic E-state index is 12.1. The summed E-state index contributed by atoms with van der Waals surface area (Å²) in [6, 6.07) is 3.77. The predicted octanol–water partition coefficient (Wildman–Crippen LogP) is 2.67. The van der Waals surface area contributed by atoms with E-state index in [2.05, 4.69) is 35.8 Å². The standard InChI is InChI=1S/C16H22N4OS/c1-16(2,3)13-6-7-14(21)20(18-13)11-12-5-4-9-19(12)15-17-8-10-22-15/h6-8,10,12H,4-5,9,11H2,1-3H3. The number of hydrogen-bond acceptors (Lipinski definition) is 5. The van der Waals surface area contributed by atoms with Crippen LogP contribution in [-0.4, -0.2) is 27.4 Å². The van der Waals surface area contributed by atoms with Gasteiger partial charge in [-0.25, -0.2) is 9.67 Å². The summed E-state index contributed by atoms with van der Waals surface area (Å²) in [7, 11) is 0. The van der Waals surface area contributed by atoms with Crippen LogP contribution in [0.5, 0.6) is 0 Å². The molecule has 0 aliphatic carbocycles. The van der Waals surface area contributed by atoms with Gasteiger partial charge in [0.2, 0.25) is 0 Å². The molecule has 1 atom stereocenters. The molecule has 3 rings (SSSR count). The van der Waals surface area contributed by atoms with Crippen LogP contribution in [0.2, 0.25) is 0 Å². The molecule has 1 unspecified atom stereocenters. The molecule has 1 aliphatic heterocycles. The summed E-state index contributed by atoms with van der Waals surface area (Å²) in [4.78, 5) is 18.9. The molecule has 0 aromatic carbocycles. The molecule has 0 N–H and O–H groups in total. The van der Waals surface area contributed by atoms with E-state index in [9.17, 15) is 4.79 Å². The zero-order valence-electron chi connectivity index (χ0n) is 13.3. The lowest BCUT2D eigenvalue weighted by molar-refractivity contribution is 0.457. The molecule has 1 fully saturated rings. The van der Waals surface area contributed by atoms with E-state index in [0.717, 1.165) is 30.2 Å². The first-order valence-electron chi connectivity index (χ1n) is 7.70. The lowest BCUT2D eigenvalue weighted by Crippen LogP contribution is -2.37. The van der Waals surface area contributed by atoms with E-state index in [1.54, 1.807) is 22.1 Å². The average molecular weight is 318 g/mol. The number of nitrogens with zero attached hydrogens (tertiary/aromatic N) is 4. The van der Waals surface area contributed by atoms with Crippen molar-refractivity contribution in [3.63, 3.8) is 0 Å². The molecular weight excluding hydrogens is 296 g/mol. The summed E-state index contributed by atoms with van der Waals surface area (Å²) in [6.07, 6.45) is 4.05. The second kappa shape index (κ2) is 5.83. The van der Waals surface area contributed by atoms with Crippen molar-refractivity contribution in [2.45, 2.75) is 51.6 Å². The van der Waals surface area contributed by atoms with Crippen LogP contribution in [0.4, 0.5) is 5.13 Å². The van der Waals surface area contributed by atoms with Crippen LogP contribution < -0.4 is 10.5 Å². The molecule has 2 aromatic heterocycles. The molecule has 118 valence electrons. The highest BCUT2D eigenvalue weighted by Crippen LogP contribution is 2.27. The molecule has 6 heteroatoms. The number of aromatic nitrogens is 3. The average Bonchev–Trinajstić information content (AvgIpc) is 3.10. The van der Waals surface area contributed by atoms with Gasteiger partial charge in [0.15, 0.2) is 5.13 Å². The molecule has 2 aromatic rings. The van der Waals surface area contributed by atoms with E-state index < -0.39 is 0 Å². The van der Waals surface area contributed by atoms with Gasteiger partial charge in [-0.2, -0.15) is 5.10 Å². The monoisotopic (exact) mass is 318 g/mol. The van der Waals surface area contributed by atoms with E-state index >= 15 is 0 Å². The van der Waals surface area contributed by atoms with Crippen LogP contribution in [-0.2, 0) is 12.0 Å². The first-order valence-corrected chi connectivity index (χ1v) is 8.58. The van der Waals surface area contributed by atoms with Gasteiger partial charge in [-0.05, 0) is 18.9 Å². The molecule has 0 radical (unpaired) electrons. The molecule has 1 aliphatic rings. The second-order valence-corrected chi connectivity index (χ2v) is 7.67. The minimum absolute atomic E-state index is 0.0287. The Morgan fingerprint density at radius 3 is 2.86 bits per heavy atom. The fourth-order valence-corrected chi connectivity index (χ4v) is 3.56. The van der Waals surface area contributed by atoms with E-state index in [0.29, 0.717) is 12.6 Å². The molecule has 0 spiro atoms. The van der Waals surface area contributed by atoms with Crippen molar-refractivity contribution in [3.05, 3.63) is 39.8 Å². The molecule has 0 amide bonds. The van der Waals surface area contributed by atoms with E-state index in [4.69, 9.17) is 0 Å². The molecule has 5 nitrogen and oxygen atoms in total. The summed E-state index contributed by atoms with van der Waals surface area (Å²) in [5, 5.41) is 7.62. The predicted molar refractivity (Wildman–Crippen MR) is 89.7 cm³/mol. The lowest BCUT2D eigenvalue weighted by Gasteiger charge is -2.25. The fraction of sp³-hybridized carbons (Fsp3) is 0.562. The lowest BCUT2D eigenvalue weighted by atomic mass is 9.92. The minimum atomic E-state index is -0.0554. The molecule has 0 bridgehead atoms. The van der Waals surface area contributed by atoms with E-state index in [-0.39, 0.29) is 11.0 Å². The van der Waals surface area contributed by atoms with Gasteiger partial charge in [-0.15, -0.1) is 11.3 Å². The minimum Gasteiger partial charge on any atom is -0.343 e. The third-order valence-electron chi connectivity index (χ3n) is 4.06. The number of anilines is 1. The molecule has 22 heavy (non-hydrogen) atoms. The highest BCUT2D eigenvalue weighted by molar-refractivity contribution is 7.13. The topological polar surface area (TPSA) is 51.0 Å². The van der Waals surface area contributed by atoms with Crippen LogP contribution in [0.15, 0.2) is 28.5 Å². The van der Waals surface area contributed by atoms with Gasteiger partial charge in [-0.3, -0.25) is 4.79 Å². The Morgan fingerprint density at radius 2 is 2.18 bits per heavy atom. The normalized spacial score (nSPS) is 18.9. The van der Waals surface area contributed by atoms with Crippen LogP contribution in [0.3, 0.4) is 0 Å². The van der Waals surface area contributed by atoms with Crippen LogP contribution in [0.25, 0.3) is 0 Å². The Labute approximate surface area is 134 Å². The third-order valence-corrected chi connectivity index (χ3v) is 4.87. The maximum Gasteiger partial charge on any atom is 0.266 e. The first-order chi connectivity index (χ1) is 10.4. The van der Waals surface area contributed by atoms with Crippen LogP contribution in [0, 0.1) is 0 Å². The number of rotatable bonds is 3. The fourth-order valence-electron chi connectivity index (χ4n) is 2.81. The maximum absolute atomic E-state index is 12.1. The smallest absolute Gasteiger partial charge is 0.266 e. The molecular formula is C16H22N4OS. The highest BCUT2D eigenvalue weighted by atomic mass is 32.1. The van der Waals surface area contributed by atoms with Gasteiger partial charge in [0.05, 0.1) is 18.3 Å². The Balaban J connectivity index is 1.85. The number of hydrogen-bond donors (Lipinski definition) is 0. The van der Waals surface area contributed by atoms with Gasteiger partial charge >= 0.3 is 0 Å². The molecule has 3 heterocycles. The summed E-state index contributed by atoms with van der Waals surface area (Å²) in [6.45, 7) is 7.97. The van der Waals surface area contributed by atoms with Gasteiger partial charge in [0.25, 0.3) is 5.56 Å². The van der Waals surface area contributed by atoms with E-state index in [1.807, 2.05) is 17.6 Å². The number of thiazole rings is 1. The summed E-state index contributed by atoms with van der Waals surface area (Å²) in [5.74, 6) is 0. The summed E-state index contributed by atoms with van der Waals surface area (Å²) < 4.78 is 1.62. The van der Waals surface area contributed by atoms with Crippen LogP contribution in [0.1, 0.15) is 39.3 Å². The zero-order valence-corrected chi connectivity index (χ0v) is 14.1. The van der Waals surface area contributed by atoms with E-state index in [1.165, 1.54) is 0 Å². The van der Waals surface area contributed by atoms with Crippen molar-refractivity contribution in [2.24, 2.45) is 0 Å². The van der Waals surface area contributed by atoms with Gasteiger partial charge in [-0.1, -0.05) is 20.8 Å². The van der Waals surface area contributed by atoms with Gasteiger partial charge < -0.3 is 4.90 Å². The molecule has 1 saturated heterocycles. The Hall–Kier alpha value is -1.69. The first kappa shape index (κ1) is 15.2. The summed E-state index contributed by atoms with van der Waals surface area (Å²) in [5.41, 5.74) is 0.866. The molecule has 0 saturated carbocycles. The van der Waals surface area contributed by atoms with Crippen molar-refractivity contribution in [1.82, 2.24) is 14.8 Å². The Bertz CT molecular complexity index is 687. The Morgan fingerprint density at radius 1 is 1.36 bits per heavy atom. The van der Waals surface area contributed by atoms with Gasteiger partial charge in [0, 0.05) is 29.6 Å². The largest absolute Gasteiger partial charge is 0.343 e. The quantitative estimate of drug-likeness (QED) is 0.873. The van der Waals surface area contributed by atoms with Crippen molar-refractivity contribution in [3.8, 4) is 0 Å².